The van der Waals surface area contributed by atoms with Crippen molar-refractivity contribution in [1.82, 2.24) is 15.1 Å². The molecule has 0 aliphatic carbocycles. The van der Waals surface area contributed by atoms with Crippen LogP contribution < -0.4 is 10.2 Å². The first-order chi connectivity index (χ1) is 16.1. The first kappa shape index (κ1) is 22.6. The standard InChI is InChI=1S/C26H34N4O2S/c1-19-25-22(18-33-19)24(31)16-20-8-2-3-10-23(20)30(25)26(32)27-11-15-29-14-5-4-9-21(29)17-28-12-6-7-13-28/h2-3,8,10,18,21H,4-7,9,11-17H2,1H3,(H,27,32). The molecule has 176 valence electrons. The molecule has 2 saturated heterocycles. The number of rotatable bonds is 5. The highest BCUT2D eigenvalue weighted by Crippen LogP contribution is 2.41. The SMILES string of the molecule is Cc1scc2c1N(C(=O)NCCN1CCCCC1CN1CCCC1)c1ccccc1CC2=O. The van der Waals surface area contributed by atoms with Crippen molar-refractivity contribution in [3.63, 3.8) is 0 Å². The number of amides is 2. The monoisotopic (exact) mass is 466 g/mol. The third kappa shape index (κ3) is 4.72. The Labute approximate surface area is 200 Å². The van der Waals surface area contributed by atoms with Gasteiger partial charge in [-0.2, -0.15) is 0 Å². The summed E-state index contributed by atoms with van der Waals surface area (Å²) < 4.78 is 0. The van der Waals surface area contributed by atoms with Gasteiger partial charge in [0.1, 0.15) is 0 Å². The zero-order valence-electron chi connectivity index (χ0n) is 19.5. The number of aryl methyl sites for hydroxylation is 1. The Morgan fingerprint density at radius 2 is 1.91 bits per heavy atom. The van der Waals surface area contributed by atoms with Crippen molar-refractivity contribution >= 4 is 34.5 Å². The van der Waals surface area contributed by atoms with Crippen molar-refractivity contribution < 1.29 is 9.59 Å². The fourth-order valence-corrected chi connectivity index (χ4v) is 6.46. The molecule has 4 heterocycles. The second-order valence-corrected chi connectivity index (χ2v) is 10.6. The highest BCUT2D eigenvalue weighted by atomic mass is 32.1. The Bertz CT molecular complexity index is 1010. The molecule has 7 heteroatoms. The Kier molecular flexibility index (Phi) is 6.81. The Hall–Kier alpha value is -2.22. The van der Waals surface area contributed by atoms with E-state index in [1.165, 1.54) is 56.5 Å². The van der Waals surface area contributed by atoms with Gasteiger partial charge in [-0.3, -0.25) is 14.6 Å². The van der Waals surface area contributed by atoms with Gasteiger partial charge in [0, 0.05) is 42.4 Å². The molecular weight excluding hydrogens is 432 g/mol. The number of para-hydroxylation sites is 1. The molecule has 33 heavy (non-hydrogen) atoms. The molecule has 0 spiro atoms. The van der Waals surface area contributed by atoms with Crippen molar-refractivity contribution in [2.45, 2.75) is 51.5 Å². The number of hydrogen-bond donors (Lipinski definition) is 1. The van der Waals surface area contributed by atoms with Crippen LogP contribution in [0.3, 0.4) is 0 Å². The maximum absolute atomic E-state index is 13.5. The number of thiophene rings is 1. The first-order valence-corrected chi connectivity index (χ1v) is 13.2. The third-order valence-electron chi connectivity index (χ3n) is 7.34. The second-order valence-electron chi connectivity index (χ2n) is 9.54. The zero-order chi connectivity index (χ0) is 22.8. The van der Waals surface area contributed by atoms with E-state index in [1.54, 1.807) is 4.90 Å². The lowest BCUT2D eigenvalue weighted by Crippen LogP contribution is -2.49. The number of nitrogens with one attached hydrogen (secondary N) is 1. The second kappa shape index (κ2) is 9.95. The fourth-order valence-electron chi connectivity index (χ4n) is 5.61. The number of likely N-dealkylation sites (tertiary alicyclic amines) is 2. The summed E-state index contributed by atoms with van der Waals surface area (Å²) >= 11 is 1.54. The summed E-state index contributed by atoms with van der Waals surface area (Å²) in [6.07, 6.45) is 6.78. The number of ketones is 1. The van der Waals surface area contributed by atoms with Gasteiger partial charge in [-0.15, -0.1) is 11.3 Å². The molecule has 6 nitrogen and oxygen atoms in total. The van der Waals surface area contributed by atoms with Crippen LogP contribution in [0.15, 0.2) is 29.6 Å². The average Bonchev–Trinajstić information content (AvgIpc) is 3.44. The molecule has 5 rings (SSSR count). The molecule has 3 aliphatic rings. The lowest BCUT2D eigenvalue weighted by molar-refractivity contribution is 0.0995. The summed E-state index contributed by atoms with van der Waals surface area (Å²) in [4.78, 5) is 34.3. The number of Topliss-reactive ketones (excluding diaryl/α,β-unsaturated/α-hetero) is 1. The average molecular weight is 467 g/mol. The molecule has 1 aromatic heterocycles. The predicted molar refractivity (Wildman–Crippen MR) is 134 cm³/mol. The van der Waals surface area contributed by atoms with Gasteiger partial charge in [0.15, 0.2) is 5.78 Å². The molecule has 1 atom stereocenters. The highest BCUT2D eigenvalue weighted by molar-refractivity contribution is 7.10. The number of hydrogen-bond acceptors (Lipinski definition) is 5. The van der Waals surface area contributed by atoms with E-state index in [2.05, 4.69) is 15.1 Å². The van der Waals surface area contributed by atoms with Gasteiger partial charge >= 0.3 is 6.03 Å². The van der Waals surface area contributed by atoms with Crippen molar-refractivity contribution in [1.29, 1.82) is 0 Å². The number of anilines is 2. The van der Waals surface area contributed by atoms with Crippen LogP contribution in [0.4, 0.5) is 16.2 Å². The van der Waals surface area contributed by atoms with Gasteiger partial charge in [0.2, 0.25) is 0 Å². The smallest absolute Gasteiger partial charge is 0.326 e. The van der Waals surface area contributed by atoms with Crippen LogP contribution in [0.25, 0.3) is 0 Å². The topological polar surface area (TPSA) is 55.9 Å². The maximum atomic E-state index is 13.5. The van der Waals surface area contributed by atoms with Gasteiger partial charge in [-0.1, -0.05) is 24.6 Å². The van der Waals surface area contributed by atoms with Gasteiger partial charge in [-0.25, -0.2) is 4.79 Å². The number of piperidine rings is 1. The summed E-state index contributed by atoms with van der Waals surface area (Å²) in [5, 5.41) is 5.08. The minimum absolute atomic E-state index is 0.0789. The number of urea groups is 1. The molecule has 0 saturated carbocycles. The molecule has 1 aromatic carbocycles. The third-order valence-corrected chi connectivity index (χ3v) is 8.25. The van der Waals surface area contributed by atoms with E-state index in [-0.39, 0.29) is 11.8 Å². The maximum Gasteiger partial charge on any atom is 0.326 e. The number of nitrogens with zero attached hydrogens (tertiary/aromatic N) is 3. The normalized spacial score (nSPS) is 21.5. The Balaban J connectivity index is 1.29. The molecule has 1 N–H and O–H groups in total. The van der Waals surface area contributed by atoms with Crippen LogP contribution in [0, 0.1) is 6.92 Å². The summed E-state index contributed by atoms with van der Waals surface area (Å²) in [6.45, 7) is 8.21. The zero-order valence-corrected chi connectivity index (χ0v) is 20.3. The van der Waals surface area contributed by atoms with Crippen LogP contribution in [0.1, 0.15) is 52.9 Å². The van der Waals surface area contributed by atoms with Crippen molar-refractivity contribution in [3.05, 3.63) is 45.6 Å². The van der Waals surface area contributed by atoms with E-state index >= 15 is 0 Å². The largest absolute Gasteiger partial charge is 0.336 e. The molecule has 3 aliphatic heterocycles. The molecule has 0 bridgehead atoms. The van der Waals surface area contributed by atoms with Gasteiger partial charge in [-0.05, 0) is 63.9 Å². The van der Waals surface area contributed by atoms with E-state index in [0.717, 1.165) is 41.4 Å². The van der Waals surface area contributed by atoms with Gasteiger partial charge in [0.05, 0.1) is 16.9 Å². The van der Waals surface area contributed by atoms with E-state index in [0.29, 0.717) is 24.6 Å². The van der Waals surface area contributed by atoms with E-state index in [1.807, 2.05) is 36.6 Å². The Morgan fingerprint density at radius 3 is 2.76 bits per heavy atom. The number of benzene rings is 1. The lowest BCUT2D eigenvalue weighted by atomic mass is 10.0. The van der Waals surface area contributed by atoms with Crippen molar-refractivity contribution in [2.24, 2.45) is 0 Å². The minimum Gasteiger partial charge on any atom is -0.336 e. The van der Waals surface area contributed by atoms with E-state index in [9.17, 15) is 9.59 Å². The number of carbonyl (C=O) groups is 2. The van der Waals surface area contributed by atoms with Crippen LogP contribution >= 0.6 is 11.3 Å². The molecule has 2 fully saturated rings. The summed E-state index contributed by atoms with van der Waals surface area (Å²) in [6, 6.07) is 8.22. The van der Waals surface area contributed by atoms with Crippen LogP contribution in [-0.4, -0.2) is 66.9 Å². The van der Waals surface area contributed by atoms with E-state index in [4.69, 9.17) is 0 Å². The summed E-state index contributed by atoms with van der Waals surface area (Å²) in [7, 11) is 0. The molecule has 1 unspecified atom stereocenters. The van der Waals surface area contributed by atoms with Crippen molar-refractivity contribution in [3.8, 4) is 0 Å². The quantitative estimate of drug-likeness (QED) is 0.700. The molecule has 0 radical (unpaired) electrons. The van der Waals surface area contributed by atoms with E-state index < -0.39 is 0 Å². The Morgan fingerprint density at radius 1 is 1.12 bits per heavy atom. The van der Waals surface area contributed by atoms with Crippen LogP contribution in [0.5, 0.6) is 0 Å². The molecule has 2 aromatic rings. The van der Waals surface area contributed by atoms with Gasteiger partial charge in [0.25, 0.3) is 0 Å². The first-order valence-electron chi connectivity index (χ1n) is 12.4. The van der Waals surface area contributed by atoms with Crippen LogP contribution in [0.2, 0.25) is 0 Å². The van der Waals surface area contributed by atoms with Crippen LogP contribution in [-0.2, 0) is 6.42 Å². The molecule has 2 amide bonds. The number of carbonyl (C=O) groups excluding carboxylic acids is 2. The highest BCUT2D eigenvalue weighted by Gasteiger charge is 2.32. The summed E-state index contributed by atoms with van der Waals surface area (Å²) in [5.41, 5.74) is 3.12. The predicted octanol–water partition coefficient (Wildman–Crippen LogP) is 4.59. The van der Waals surface area contributed by atoms with Crippen molar-refractivity contribution in [2.75, 3.05) is 44.2 Å². The number of fused-ring (bicyclic) bond motifs is 2. The van der Waals surface area contributed by atoms with Gasteiger partial charge < -0.3 is 10.2 Å². The fraction of sp³-hybridized carbons (Fsp3) is 0.538. The summed E-state index contributed by atoms with van der Waals surface area (Å²) in [5.74, 6) is 0.0789. The molecular formula is C26H34N4O2S. The lowest BCUT2D eigenvalue weighted by Gasteiger charge is -2.38. The minimum atomic E-state index is -0.145.